The van der Waals surface area contributed by atoms with Crippen molar-refractivity contribution in [3.05, 3.63) is 35.9 Å². The van der Waals surface area contributed by atoms with E-state index >= 15 is 0 Å². The first kappa shape index (κ1) is 14.1. The minimum Gasteiger partial charge on any atom is -0.465 e. The van der Waals surface area contributed by atoms with E-state index in [4.69, 9.17) is 4.74 Å². The fourth-order valence-electron chi connectivity index (χ4n) is 2.76. The van der Waals surface area contributed by atoms with Crippen LogP contribution in [0, 0.1) is 0 Å². The lowest BCUT2D eigenvalue weighted by molar-refractivity contribution is -0.151. The van der Waals surface area contributed by atoms with Crippen LogP contribution in [0.5, 0.6) is 0 Å². The maximum absolute atomic E-state index is 12.4. The average molecular weight is 261 g/mol. The third-order valence-electron chi connectivity index (χ3n) is 3.76. The Morgan fingerprint density at radius 2 is 2.05 bits per heavy atom. The van der Waals surface area contributed by atoms with Gasteiger partial charge in [-0.05, 0) is 31.9 Å². The molecule has 1 aliphatic heterocycles. The van der Waals surface area contributed by atoms with Gasteiger partial charge in [0.1, 0.15) is 5.54 Å². The van der Waals surface area contributed by atoms with Crippen molar-refractivity contribution < 1.29 is 9.53 Å². The molecule has 1 aromatic rings. The summed E-state index contributed by atoms with van der Waals surface area (Å²) in [5, 5.41) is 3.45. The molecule has 0 bridgehead atoms. The molecule has 1 atom stereocenters. The van der Waals surface area contributed by atoms with Gasteiger partial charge in [-0.25, -0.2) is 0 Å². The Morgan fingerprint density at radius 1 is 1.26 bits per heavy atom. The highest BCUT2D eigenvalue weighted by atomic mass is 16.5. The minimum atomic E-state index is -0.534. The van der Waals surface area contributed by atoms with Gasteiger partial charge in [-0.3, -0.25) is 4.79 Å². The van der Waals surface area contributed by atoms with Crippen molar-refractivity contribution in [2.24, 2.45) is 0 Å². The standard InChI is InChI=1S/C16H23NO2/c1-2-19-15(18)16(11-7-4-8-12-17-16)13-14-9-5-3-6-10-14/h3,5-6,9-10,17H,2,4,7-8,11-13H2,1H3/t16-/m0/s1. The molecule has 1 N–H and O–H groups in total. The summed E-state index contributed by atoms with van der Waals surface area (Å²) in [6, 6.07) is 10.2. The number of hydrogen-bond acceptors (Lipinski definition) is 3. The average Bonchev–Trinajstić information content (AvgIpc) is 2.67. The summed E-state index contributed by atoms with van der Waals surface area (Å²) < 4.78 is 5.31. The zero-order valence-corrected chi connectivity index (χ0v) is 11.7. The van der Waals surface area contributed by atoms with E-state index in [1.165, 1.54) is 12.0 Å². The maximum Gasteiger partial charge on any atom is 0.326 e. The number of esters is 1. The fraction of sp³-hybridized carbons (Fsp3) is 0.562. The molecular formula is C16H23NO2. The zero-order valence-electron chi connectivity index (χ0n) is 11.7. The van der Waals surface area contributed by atoms with Gasteiger partial charge in [0.2, 0.25) is 0 Å². The third-order valence-corrected chi connectivity index (χ3v) is 3.76. The maximum atomic E-state index is 12.4. The lowest BCUT2D eigenvalue weighted by Crippen LogP contribution is -2.54. The van der Waals surface area contributed by atoms with E-state index < -0.39 is 5.54 Å². The van der Waals surface area contributed by atoms with Crippen molar-refractivity contribution in [2.45, 2.75) is 44.6 Å². The van der Waals surface area contributed by atoms with Gasteiger partial charge in [0.25, 0.3) is 0 Å². The molecule has 1 aromatic carbocycles. The summed E-state index contributed by atoms with van der Waals surface area (Å²) in [6.07, 6.45) is 4.98. The number of benzene rings is 1. The lowest BCUT2D eigenvalue weighted by Gasteiger charge is -2.31. The molecule has 0 radical (unpaired) electrons. The lowest BCUT2D eigenvalue weighted by atomic mass is 9.86. The van der Waals surface area contributed by atoms with Crippen LogP contribution in [0.4, 0.5) is 0 Å². The number of ether oxygens (including phenoxy) is 1. The van der Waals surface area contributed by atoms with E-state index in [1.807, 2.05) is 25.1 Å². The Kier molecular flexibility index (Phi) is 4.97. The highest BCUT2D eigenvalue weighted by Crippen LogP contribution is 2.25. The molecule has 3 heteroatoms. The Morgan fingerprint density at radius 3 is 2.79 bits per heavy atom. The van der Waals surface area contributed by atoms with Crippen LogP contribution in [0.3, 0.4) is 0 Å². The summed E-state index contributed by atoms with van der Waals surface area (Å²) in [5.41, 5.74) is 0.651. The predicted octanol–water partition coefficient (Wildman–Crippen LogP) is 2.69. The van der Waals surface area contributed by atoms with Crippen LogP contribution in [-0.4, -0.2) is 24.7 Å². The molecule has 0 unspecified atom stereocenters. The Hall–Kier alpha value is -1.35. The molecule has 3 nitrogen and oxygen atoms in total. The summed E-state index contributed by atoms with van der Waals surface area (Å²) in [6.45, 7) is 3.20. The van der Waals surface area contributed by atoms with E-state index in [2.05, 4.69) is 17.4 Å². The summed E-state index contributed by atoms with van der Waals surface area (Å²) in [4.78, 5) is 12.4. The molecule has 0 amide bonds. The first-order valence-electron chi connectivity index (χ1n) is 7.23. The molecular weight excluding hydrogens is 238 g/mol. The van der Waals surface area contributed by atoms with Gasteiger partial charge in [-0.15, -0.1) is 0 Å². The molecule has 104 valence electrons. The van der Waals surface area contributed by atoms with Gasteiger partial charge in [0.05, 0.1) is 6.61 Å². The largest absolute Gasteiger partial charge is 0.465 e. The van der Waals surface area contributed by atoms with E-state index in [1.54, 1.807) is 0 Å². The highest BCUT2D eigenvalue weighted by molar-refractivity contribution is 5.81. The van der Waals surface area contributed by atoms with E-state index in [9.17, 15) is 4.79 Å². The third kappa shape index (κ3) is 3.57. The van der Waals surface area contributed by atoms with Gasteiger partial charge in [0, 0.05) is 6.42 Å². The van der Waals surface area contributed by atoms with Crippen LogP contribution in [0.25, 0.3) is 0 Å². The summed E-state index contributed by atoms with van der Waals surface area (Å²) >= 11 is 0. The molecule has 1 saturated heterocycles. The molecule has 19 heavy (non-hydrogen) atoms. The summed E-state index contributed by atoms with van der Waals surface area (Å²) in [5.74, 6) is -0.0965. The SMILES string of the molecule is CCOC(=O)[C@@]1(Cc2ccccc2)CCCCCN1. The monoisotopic (exact) mass is 261 g/mol. The van der Waals surface area contributed by atoms with Crippen LogP contribution in [-0.2, 0) is 16.0 Å². The molecule has 0 saturated carbocycles. The Balaban J connectivity index is 2.20. The Bertz CT molecular complexity index is 394. The molecule has 0 aromatic heterocycles. The van der Waals surface area contributed by atoms with E-state index in [0.717, 1.165) is 25.8 Å². The first-order chi connectivity index (χ1) is 9.27. The fourth-order valence-corrected chi connectivity index (χ4v) is 2.76. The van der Waals surface area contributed by atoms with Crippen LogP contribution in [0.15, 0.2) is 30.3 Å². The van der Waals surface area contributed by atoms with Crippen molar-refractivity contribution in [2.75, 3.05) is 13.2 Å². The number of rotatable bonds is 4. The number of carbonyl (C=O) groups is 1. The molecule has 0 spiro atoms. The molecule has 1 heterocycles. The molecule has 1 fully saturated rings. The first-order valence-corrected chi connectivity index (χ1v) is 7.23. The van der Waals surface area contributed by atoms with E-state index in [0.29, 0.717) is 13.0 Å². The van der Waals surface area contributed by atoms with Gasteiger partial charge in [-0.1, -0.05) is 43.2 Å². The smallest absolute Gasteiger partial charge is 0.326 e. The molecule has 1 aliphatic rings. The highest BCUT2D eigenvalue weighted by Gasteiger charge is 2.39. The summed E-state index contributed by atoms with van der Waals surface area (Å²) in [7, 11) is 0. The van der Waals surface area contributed by atoms with Gasteiger partial charge in [-0.2, -0.15) is 0 Å². The number of carbonyl (C=O) groups excluding carboxylic acids is 1. The molecule has 2 rings (SSSR count). The normalized spacial score (nSPS) is 23.6. The van der Waals surface area contributed by atoms with Crippen LogP contribution in [0.1, 0.15) is 38.2 Å². The van der Waals surface area contributed by atoms with Crippen molar-refractivity contribution in [1.29, 1.82) is 0 Å². The van der Waals surface area contributed by atoms with Crippen LogP contribution in [0.2, 0.25) is 0 Å². The second kappa shape index (κ2) is 6.71. The Labute approximate surface area is 115 Å². The minimum absolute atomic E-state index is 0.0965. The van der Waals surface area contributed by atoms with Crippen molar-refractivity contribution in [3.63, 3.8) is 0 Å². The number of nitrogens with one attached hydrogen (secondary N) is 1. The van der Waals surface area contributed by atoms with Crippen molar-refractivity contribution in [3.8, 4) is 0 Å². The second-order valence-electron chi connectivity index (χ2n) is 5.20. The van der Waals surface area contributed by atoms with Crippen LogP contribution < -0.4 is 5.32 Å². The second-order valence-corrected chi connectivity index (χ2v) is 5.20. The van der Waals surface area contributed by atoms with E-state index in [-0.39, 0.29) is 5.97 Å². The van der Waals surface area contributed by atoms with Gasteiger partial charge < -0.3 is 10.1 Å². The zero-order chi connectivity index (χ0) is 13.6. The topological polar surface area (TPSA) is 38.3 Å². The number of hydrogen-bond donors (Lipinski definition) is 1. The molecule has 0 aliphatic carbocycles. The van der Waals surface area contributed by atoms with Crippen molar-refractivity contribution in [1.82, 2.24) is 5.32 Å². The van der Waals surface area contributed by atoms with Gasteiger partial charge >= 0.3 is 5.97 Å². The van der Waals surface area contributed by atoms with Gasteiger partial charge in [0.15, 0.2) is 0 Å². The van der Waals surface area contributed by atoms with Crippen molar-refractivity contribution >= 4 is 5.97 Å². The quantitative estimate of drug-likeness (QED) is 0.847. The van der Waals surface area contributed by atoms with Crippen LogP contribution >= 0.6 is 0 Å². The predicted molar refractivity (Wildman–Crippen MR) is 76.0 cm³/mol.